The van der Waals surface area contributed by atoms with Crippen molar-refractivity contribution >= 4 is 47.5 Å². The van der Waals surface area contributed by atoms with Gasteiger partial charge in [0, 0.05) is 43.9 Å². The Hall–Kier alpha value is -1.86. The molecule has 1 aliphatic rings. The number of rotatable bonds is 5. The Bertz CT molecular complexity index is 810. The maximum Gasteiger partial charge on any atom is 0.338 e. The van der Waals surface area contributed by atoms with E-state index >= 15 is 0 Å². The molecule has 1 fully saturated rings. The second-order valence-corrected chi connectivity index (χ2v) is 6.91. The molecule has 0 atom stereocenters. The number of halogens is 3. The Kier molecular flexibility index (Phi) is 8.51. The van der Waals surface area contributed by atoms with Crippen molar-refractivity contribution in [2.45, 2.75) is 0 Å². The molecule has 2 aromatic rings. The molecule has 1 saturated heterocycles. The van der Waals surface area contributed by atoms with E-state index in [0.717, 1.165) is 0 Å². The molecule has 1 aromatic carbocycles. The summed E-state index contributed by atoms with van der Waals surface area (Å²) in [5, 5.41) is 0.797. The van der Waals surface area contributed by atoms with Crippen molar-refractivity contribution in [3.63, 3.8) is 0 Å². The van der Waals surface area contributed by atoms with Crippen LogP contribution in [-0.4, -0.2) is 66.0 Å². The first kappa shape index (κ1) is 22.4. The largest absolute Gasteiger partial charge is 0.461 e. The lowest BCUT2D eigenvalue weighted by Gasteiger charge is -2.34. The van der Waals surface area contributed by atoms with Crippen molar-refractivity contribution in [3.05, 3.63) is 63.9 Å². The molecule has 1 aliphatic heterocycles. The van der Waals surface area contributed by atoms with E-state index in [2.05, 4.69) is 9.88 Å². The summed E-state index contributed by atoms with van der Waals surface area (Å²) in [4.78, 5) is 32.4. The fourth-order valence-corrected chi connectivity index (χ4v) is 3.15. The zero-order valence-electron chi connectivity index (χ0n) is 15.0. The number of ether oxygens (including phenoxy) is 1. The number of nitrogens with zero attached hydrogens (tertiary/aromatic N) is 3. The van der Waals surface area contributed by atoms with Gasteiger partial charge >= 0.3 is 5.97 Å². The SMILES string of the molecule is Cl.O=C(OCCN1CCN(C(=O)c2cccnc2Cl)CC1)c1ccc(Cl)cc1. The molecule has 3 rings (SSSR count). The van der Waals surface area contributed by atoms with Crippen LogP contribution in [0.3, 0.4) is 0 Å². The minimum atomic E-state index is -0.369. The second kappa shape index (κ2) is 10.6. The molecule has 9 heteroatoms. The highest BCUT2D eigenvalue weighted by atomic mass is 35.5. The van der Waals surface area contributed by atoms with E-state index in [-0.39, 0.29) is 29.4 Å². The summed E-state index contributed by atoms with van der Waals surface area (Å²) < 4.78 is 5.30. The maximum absolute atomic E-state index is 12.5. The van der Waals surface area contributed by atoms with Gasteiger partial charge in [-0.15, -0.1) is 12.4 Å². The molecule has 28 heavy (non-hydrogen) atoms. The first-order chi connectivity index (χ1) is 13.0. The molecular weight excluding hydrogens is 425 g/mol. The molecule has 0 unspecified atom stereocenters. The number of esters is 1. The van der Waals surface area contributed by atoms with Crippen molar-refractivity contribution in [2.24, 2.45) is 0 Å². The van der Waals surface area contributed by atoms with Crippen LogP contribution in [0.2, 0.25) is 10.2 Å². The van der Waals surface area contributed by atoms with Crippen LogP contribution in [0.25, 0.3) is 0 Å². The van der Waals surface area contributed by atoms with Gasteiger partial charge in [0.1, 0.15) is 11.8 Å². The lowest BCUT2D eigenvalue weighted by molar-refractivity contribution is 0.0412. The van der Waals surface area contributed by atoms with E-state index in [0.29, 0.717) is 55.5 Å². The third-order valence-electron chi connectivity index (χ3n) is 4.37. The van der Waals surface area contributed by atoms with Gasteiger partial charge in [-0.05, 0) is 36.4 Å². The monoisotopic (exact) mass is 443 g/mol. The smallest absolute Gasteiger partial charge is 0.338 e. The van der Waals surface area contributed by atoms with Gasteiger partial charge in [0.25, 0.3) is 5.91 Å². The number of hydrogen-bond donors (Lipinski definition) is 0. The Morgan fingerprint density at radius 3 is 2.36 bits per heavy atom. The molecule has 0 bridgehead atoms. The van der Waals surface area contributed by atoms with Gasteiger partial charge in [0.05, 0.1) is 11.1 Å². The molecule has 0 aliphatic carbocycles. The van der Waals surface area contributed by atoms with Gasteiger partial charge < -0.3 is 9.64 Å². The first-order valence-corrected chi connectivity index (χ1v) is 9.35. The number of carbonyl (C=O) groups excluding carboxylic acids is 2. The molecule has 0 radical (unpaired) electrons. The van der Waals surface area contributed by atoms with E-state index < -0.39 is 0 Å². The van der Waals surface area contributed by atoms with Crippen molar-refractivity contribution in [2.75, 3.05) is 39.3 Å². The summed E-state index contributed by atoms with van der Waals surface area (Å²) in [7, 11) is 0. The van der Waals surface area contributed by atoms with E-state index in [1.165, 1.54) is 0 Å². The van der Waals surface area contributed by atoms with Crippen LogP contribution in [0.5, 0.6) is 0 Å². The average Bonchev–Trinajstić information content (AvgIpc) is 2.69. The summed E-state index contributed by atoms with van der Waals surface area (Å²) in [6, 6.07) is 9.97. The minimum Gasteiger partial charge on any atom is -0.461 e. The fourth-order valence-electron chi connectivity index (χ4n) is 2.83. The van der Waals surface area contributed by atoms with Gasteiger partial charge in [-0.1, -0.05) is 23.2 Å². The van der Waals surface area contributed by atoms with Crippen LogP contribution >= 0.6 is 35.6 Å². The summed E-state index contributed by atoms with van der Waals surface area (Å²) in [6.07, 6.45) is 1.56. The van der Waals surface area contributed by atoms with E-state index in [4.69, 9.17) is 27.9 Å². The Morgan fingerprint density at radius 1 is 1.04 bits per heavy atom. The zero-order chi connectivity index (χ0) is 19.2. The topological polar surface area (TPSA) is 62.7 Å². The second-order valence-electron chi connectivity index (χ2n) is 6.12. The van der Waals surface area contributed by atoms with Gasteiger partial charge in [-0.25, -0.2) is 9.78 Å². The van der Waals surface area contributed by atoms with Gasteiger partial charge in [0.2, 0.25) is 0 Å². The van der Waals surface area contributed by atoms with Gasteiger partial charge in [-0.3, -0.25) is 9.69 Å². The molecule has 0 spiro atoms. The number of hydrogen-bond acceptors (Lipinski definition) is 5. The molecule has 6 nitrogen and oxygen atoms in total. The predicted molar refractivity (Wildman–Crippen MR) is 111 cm³/mol. The van der Waals surface area contributed by atoms with E-state index in [1.807, 2.05) is 0 Å². The highest BCUT2D eigenvalue weighted by Gasteiger charge is 2.23. The fraction of sp³-hybridized carbons (Fsp3) is 0.316. The molecule has 1 aromatic heterocycles. The van der Waals surface area contributed by atoms with Crippen LogP contribution in [0.15, 0.2) is 42.6 Å². The van der Waals surface area contributed by atoms with Crippen LogP contribution in [0.1, 0.15) is 20.7 Å². The summed E-state index contributed by atoms with van der Waals surface area (Å²) in [5.41, 5.74) is 0.896. The summed E-state index contributed by atoms with van der Waals surface area (Å²) >= 11 is 11.8. The van der Waals surface area contributed by atoms with Gasteiger partial charge in [-0.2, -0.15) is 0 Å². The average molecular weight is 445 g/mol. The summed E-state index contributed by atoms with van der Waals surface area (Å²) in [5.74, 6) is -0.478. The molecular formula is C19H20Cl3N3O3. The number of aromatic nitrogens is 1. The van der Waals surface area contributed by atoms with E-state index in [9.17, 15) is 9.59 Å². The lowest BCUT2D eigenvalue weighted by Crippen LogP contribution is -2.49. The summed E-state index contributed by atoms with van der Waals surface area (Å²) in [6.45, 7) is 3.52. The van der Waals surface area contributed by atoms with Crippen molar-refractivity contribution in [1.82, 2.24) is 14.8 Å². The molecule has 0 saturated carbocycles. The molecule has 150 valence electrons. The van der Waals surface area contributed by atoms with Crippen molar-refractivity contribution < 1.29 is 14.3 Å². The highest BCUT2D eigenvalue weighted by Crippen LogP contribution is 2.16. The number of pyridine rings is 1. The van der Waals surface area contributed by atoms with Crippen LogP contribution < -0.4 is 0 Å². The number of amides is 1. The van der Waals surface area contributed by atoms with Crippen molar-refractivity contribution in [1.29, 1.82) is 0 Å². The third kappa shape index (κ3) is 5.82. The zero-order valence-corrected chi connectivity index (χ0v) is 17.3. The standard InChI is InChI=1S/C19H19Cl2N3O3.ClH/c20-15-5-3-14(4-6-15)19(26)27-13-12-23-8-10-24(11-9-23)18(25)16-2-1-7-22-17(16)21;/h1-7H,8-13H2;1H. The van der Waals surface area contributed by atoms with Crippen molar-refractivity contribution in [3.8, 4) is 0 Å². The van der Waals surface area contributed by atoms with Crippen LogP contribution in [0, 0.1) is 0 Å². The predicted octanol–water partition coefficient (Wildman–Crippen LogP) is 3.43. The van der Waals surface area contributed by atoms with Gasteiger partial charge in [0.15, 0.2) is 0 Å². The van der Waals surface area contributed by atoms with Crippen LogP contribution in [-0.2, 0) is 4.74 Å². The quantitative estimate of drug-likeness (QED) is 0.522. The Labute approximate surface area is 179 Å². The molecule has 2 heterocycles. The lowest BCUT2D eigenvalue weighted by atomic mass is 10.2. The Morgan fingerprint density at radius 2 is 1.71 bits per heavy atom. The Balaban J connectivity index is 0.00000280. The van der Waals surface area contributed by atoms with Crippen LogP contribution in [0.4, 0.5) is 0 Å². The minimum absolute atomic E-state index is 0. The number of benzene rings is 1. The molecule has 0 N–H and O–H groups in total. The highest BCUT2D eigenvalue weighted by molar-refractivity contribution is 6.32. The normalized spacial score (nSPS) is 14.3. The number of piperazine rings is 1. The molecule has 1 amide bonds. The third-order valence-corrected chi connectivity index (χ3v) is 4.92. The van der Waals surface area contributed by atoms with E-state index in [1.54, 1.807) is 47.5 Å². The first-order valence-electron chi connectivity index (χ1n) is 8.59. The number of carbonyl (C=O) groups is 2. The maximum atomic E-state index is 12.5.